The maximum Gasteiger partial charge on any atom is 0.222 e. The second kappa shape index (κ2) is 4.97. The predicted octanol–water partition coefficient (Wildman–Crippen LogP) is 1.39. The molecular weight excluding hydrogens is 188 g/mol. The number of carbonyl (C=O) groups excluding carboxylic acids is 1. The topological polar surface area (TPSA) is 32.3 Å². The minimum absolute atomic E-state index is 0.357. The van der Waals surface area contributed by atoms with E-state index in [1.807, 2.05) is 11.9 Å². The normalized spacial score (nSPS) is 22.7. The van der Waals surface area contributed by atoms with Crippen LogP contribution >= 0.6 is 0 Å². The van der Waals surface area contributed by atoms with E-state index in [0.717, 1.165) is 31.8 Å². The highest BCUT2D eigenvalue weighted by atomic mass is 16.2. The molecule has 1 aliphatic carbocycles. The van der Waals surface area contributed by atoms with Gasteiger partial charge in [0.05, 0.1) is 0 Å². The first kappa shape index (κ1) is 10.9. The lowest BCUT2D eigenvalue weighted by Gasteiger charge is -2.23. The zero-order valence-electron chi connectivity index (χ0n) is 9.67. The van der Waals surface area contributed by atoms with E-state index in [1.54, 1.807) is 0 Å². The highest BCUT2D eigenvalue weighted by Crippen LogP contribution is 2.26. The summed E-state index contributed by atoms with van der Waals surface area (Å²) < 4.78 is 0. The standard InChI is InChI=1S/C12H22N2O/c1-14(11-3-4-11)12(15)5-2-10-6-8-13-9-7-10/h10-11,13H,2-9H2,1H3. The Kier molecular flexibility index (Phi) is 3.62. The molecule has 0 unspecified atom stereocenters. The van der Waals surface area contributed by atoms with E-state index >= 15 is 0 Å². The van der Waals surface area contributed by atoms with Crippen LogP contribution in [0.15, 0.2) is 0 Å². The van der Waals surface area contributed by atoms with E-state index < -0.39 is 0 Å². The first-order valence-corrected chi connectivity index (χ1v) is 6.24. The van der Waals surface area contributed by atoms with Gasteiger partial charge >= 0.3 is 0 Å². The molecule has 1 aliphatic heterocycles. The van der Waals surface area contributed by atoms with Crippen molar-refractivity contribution < 1.29 is 4.79 Å². The molecule has 0 spiro atoms. The Hall–Kier alpha value is -0.570. The van der Waals surface area contributed by atoms with Gasteiger partial charge in [0.1, 0.15) is 0 Å². The van der Waals surface area contributed by atoms with Crippen LogP contribution in [0.4, 0.5) is 0 Å². The number of hydrogen-bond donors (Lipinski definition) is 1. The molecule has 2 rings (SSSR count). The molecule has 1 heterocycles. The zero-order valence-corrected chi connectivity index (χ0v) is 9.67. The Morgan fingerprint density at radius 1 is 1.27 bits per heavy atom. The largest absolute Gasteiger partial charge is 0.343 e. The average molecular weight is 210 g/mol. The highest BCUT2D eigenvalue weighted by molar-refractivity contribution is 5.76. The van der Waals surface area contributed by atoms with Crippen LogP contribution in [0.25, 0.3) is 0 Å². The molecule has 15 heavy (non-hydrogen) atoms. The van der Waals surface area contributed by atoms with Crippen molar-refractivity contribution in [2.45, 2.75) is 44.6 Å². The van der Waals surface area contributed by atoms with Crippen LogP contribution in [-0.2, 0) is 4.79 Å². The minimum atomic E-state index is 0.357. The van der Waals surface area contributed by atoms with Crippen LogP contribution in [0.2, 0.25) is 0 Å². The van der Waals surface area contributed by atoms with Gasteiger partial charge < -0.3 is 10.2 Å². The summed E-state index contributed by atoms with van der Waals surface area (Å²) in [6.07, 6.45) is 6.79. The van der Waals surface area contributed by atoms with Gasteiger partial charge in [-0.1, -0.05) is 0 Å². The summed E-state index contributed by atoms with van der Waals surface area (Å²) in [5.41, 5.74) is 0. The number of carbonyl (C=O) groups is 1. The monoisotopic (exact) mass is 210 g/mol. The molecule has 1 saturated carbocycles. The molecule has 0 aromatic heterocycles. The summed E-state index contributed by atoms with van der Waals surface area (Å²) in [6.45, 7) is 2.27. The van der Waals surface area contributed by atoms with Crippen molar-refractivity contribution in [2.75, 3.05) is 20.1 Å². The summed E-state index contributed by atoms with van der Waals surface area (Å²) in [7, 11) is 1.96. The van der Waals surface area contributed by atoms with Gasteiger partial charge in [-0.05, 0) is 51.1 Å². The molecule has 0 atom stereocenters. The highest BCUT2D eigenvalue weighted by Gasteiger charge is 2.29. The number of hydrogen-bond acceptors (Lipinski definition) is 2. The van der Waals surface area contributed by atoms with Gasteiger partial charge in [0.15, 0.2) is 0 Å². The molecule has 3 heteroatoms. The predicted molar refractivity (Wildman–Crippen MR) is 60.6 cm³/mol. The van der Waals surface area contributed by atoms with Gasteiger partial charge in [0.2, 0.25) is 5.91 Å². The second-order valence-corrected chi connectivity index (χ2v) is 4.97. The number of nitrogens with one attached hydrogen (secondary N) is 1. The maximum atomic E-state index is 11.8. The molecular formula is C12H22N2O. The fourth-order valence-electron chi connectivity index (χ4n) is 2.34. The second-order valence-electron chi connectivity index (χ2n) is 4.97. The van der Waals surface area contributed by atoms with Crippen molar-refractivity contribution in [1.29, 1.82) is 0 Å². The van der Waals surface area contributed by atoms with Crippen molar-refractivity contribution in [2.24, 2.45) is 5.92 Å². The van der Waals surface area contributed by atoms with Crippen molar-refractivity contribution in [3.63, 3.8) is 0 Å². The molecule has 0 aromatic rings. The maximum absolute atomic E-state index is 11.8. The first-order chi connectivity index (χ1) is 7.27. The van der Waals surface area contributed by atoms with Crippen molar-refractivity contribution >= 4 is 5.91 Å². The van der Waals surface area contributed by atoms with E-state index in [0.29, 0.717) is 11.9 Å². The third-order valence-corrected chi connectivity index (χ3v) is 3.71. The summed E-state index contributed by atoms with van der Waals surface area (Å²) >= 11 is 0. The molecule has 0 radical (unpaired) electrons. The van der Waals surface area contributed by atoms with Crippen molar-refractivity contribution in [3.05, 3.63) is 0 Å². The molecule has 86 valence electrons. The molecule has 1 amide bonds. The van der Waals surface area contributed by atoms with Crippen LogP contribution in [-0.4, -0.2) is 37.0 Å². The third kappa shape index (κ3) is 3.20. The van der Waals surface area contributed by atoms with Crippen LogP contribution in [0.1, 0.15) is 38.5 Å². The van der Waals surface area contributed by atoms with Crippen molar-refractivity contribution in [3.8, 4) is 0 Å². The van der Waals surface area contributed by atoms with Gasteiger partial charge in [0.25, 0.3) is 0 Å². The van der Waals surface area contributed by atoms with Crippen LogP contribution in [0.3, 0.4) is 0 Å². The third-order valence-electron chi connectivity index (χ3n) is 3.71. The van der Waals surface area contributed by atoms with E-state index in [9.17, 15) is 4.79 Å². The van der Waals surface area contributed by atoms with E-state index in [4.69, 9.17) is 0 Å². The lowest BCUT2D eigenvalue weighted by Crippen LogP contribution is -2.31. The lowest BCUT2D eigenvalue weighted by molar-refractivity contribution is -0.130. The quantitative estimate of drug-likeness (QED) is 0.760. The first-order valence-electron chi connectivity index (χ1n) is 6.24. The Balaban J connectivity index is 1.65. The van der Waals surface area contributed by atoms with Gasteiger partial charge in [-0.3, -0.25) is 4.79 Å². The Morgan fingerprint density at radius 2 is 1.93 bits per heavy atom. The zero-order chi connectivity index (χ0) is 10.7. The Labute approximate surface area is 92.2 Å². The number of nitrogens with zero attached hydrogens (tertiary/aromatic N) is 1. The SMILES string of the molecule is CN(C(=O)CCC1CCNCC1)C1CC1. The Bertz CT molecular complexity index is 220. The number of rotatable bonds is 4. The summed E-state index contributed by atoms with van der Waals surface area (Å²) in [4.78, 5) is 13.7. The van der Waals surface area contributed by atoms with Crippen LogP contribution in [0.5, 0.6) is 0 Å². The fraction of sp³-hybridized carbons (Fsp3) is 0.917. The molecule has 1 N–H and O–H groups in total. The Morgan fingerprint density at radius 3 is 2.53 bits per heavy atom. The summed E-state index contributed by atoms with van der Waals surface area (Å²) in [5, 5.41) is 3.36. The van der Waals surface area contributed by atoms with Crippen LogP contribution < -0.4 is 5.32 Å². The molecule has 3 nitrogen and oxygen atoms in total. The fourth-order valence-corrected chi connectivity index (χ4v) is 2.34. The molecule has 0 aromatic carbocycles. The average Bonchev–Trinajstić information content (AvgIpc) is 3.10. The van der Waals surface area contributed by atoms with E-state index in [1.165, 1.54) is 25.7 Å². The van der Waals surface area contributed by atoms with E-state index in [-0.39, 0.29) is 0 Å². The molecule has 1 saturated heterocycles. The van der Waals surface area contributed by atoms with Crippen LogP contribution in [0, 0.1) is 5.92 Å². The van der Waals surface area contributed by atoms with E-state index in [2.05, 4.69) is 5.32 Å². The smallest absolute Gasteiger partial charge is 0.222 e. The summed E-state index contributed by atoms with van der Waals surface area (Å²) in [6, 6.07) is 0.575. The molecule has 2 aliphatic rings. The van der Waals surface area contributed by atoms with Gasteiger partial charge in [-0.15, -0.1) is 0 Å². The minimum Gasteiger partial charge on any atom is -0.343 e. The summed E-state index contributed by atoms with van der Waals surface area (Å²) in [5.74, 6) is 1.14. The number of piperidine rings is 1. The number of amides is 1. The molecule has 2 fully saturated rings. The van der Waals surface area contributed by atoms with Crippen molar-refractivity contribution in [1.82, 2.24) is 10.2 Å². The van der Waals surface area contributed by atoms with Gasteiger partial charge in [0, 0.05) is 19.5 Å². The molecule has 0 bridgehead atoms. The lowest BCUT2D eigenvalue weighted by atomic mass is 9.93. The van der Waals surface area contributed by atoms with Gasteiger partial charge in [-0.2, -0.15) is 0 Å². The van der Waals surface area contributed by atoms with Gasteiger partial charge in [-0.25, -0.2) is 0 Å².